The van der Waals surface area contributed by atoms with Crippen molar-refractivity contribution in [1.29, 1.82) is 5.26 Å². The Hall–Kier alpha value is -2.09. The molecule has 0 radical (unpaired) electrons. The molecule has 5 heteroatoms. The van der Waals surface area contributed by atoms with Crippen LogP contribution in [0, 0.1) is 11.3 Å². The number of anilines is 1. The molecule has 96 valence electrons. The van der Waals surface area contributed by atoms with Crippen LogP contribution in [0.2, 0.25) is 0 Å². The molecule has 0 bridgehead atoms. The van der Waals surface area contributed by atoms with Gasteiger partial charge in [-0.15, -0.1) is 0 Å². The summed E-state index contributed by atoms with van der Waals surface area (Å²) in [5, 5.41) is 17.6. The molecule has 0 fully saturated rings. The lowest BCUT2D eigenvalue weighted by molar-refractivity contribution is 0.0696. The summed E-state index contributed by atoms with van der Waals surface area (Å²) < 4.78 is 0. The molecule has 0 aliphatic carbocycles. The molecule has 0 atom stereocenters. The van der Waals surface area contributed by atoms with Gasteiger partial charge in [0.25, 0.3) is 0 Å². The first kappa shape index (κ1) is 14.0. The van der Waals surface area contributed by atoms with Crippen molar-refractivity contribution in [3.8, 4) is 6.07 Å². The number of pyridine rings is 1. The Kier molecular flexibility index (Phi) is 5.12. The van der Waals surface area contributed by atoms with E-state index in [1.54, 1.807) is 24.1 Å². The normalized spacial score (nSPS) is 9.83. The van der Waals surface area contributed by atoms with Crippen molar-refractivity contribution >= 4 is 11.8 Å². The summed E-state index contributed by atoms with van der Waals surface area (Å²) in [7, 11) is 1.81. The predicted molar refractivity (Wildman–Crippen MR) is 68.7 cm³/mol. The number of aromatic nitrogens is 1. The number of rotatable bonds is 6. The van der Waals surface area contributed by atoms with Gasteiger partial charge in [0.2, 0.25) is 0 Å². The summed E-state index contributed by atoms with van der Waals surface area (Å²) in [4.78, 5) is 17.3. The van der Waals surface area contributed by atoms with E-state index in [9.17, 15) is 4.79 Å². The molecule has 0 aromatic carbocycles. The molecule has 1 heterocycles. The molecule has 1 aromatic heterocycles. The molecule has 18 heavy (non-hydrogen) atoms. The number of hydrogen-bond donors (Lipinski definition) is 1. The van der Waals surface area contributed by atoms with E-state index in [1.165, 1.54) is 0 Å². The van der Waals surface area contributed by atoms with Crippen LogP contribution in [0.5, 0.6) is 0 Å². The smallest absolute Gasteiger partial charge is 0.335 e. The maximum atomic E-state index is 11.0. The molecule has 0 amide bonds. The van der Waals surface area contributed by atoms with Gasteiger partial charge in [0.05, 0.1) is 18.1 Å². The number of aromatic carboxylic acids is 1. The van der Waals surface area contributed by atoms with Gasteiger partial charge in [-0.05, 0) is 18.6 Å². The van der Waals surface area contributed by atoms with Crippen molar-refractivity contribution in [3.05, 3.63) is 23.4 Å². The van der Waals surface area contributed by atoms with E-state index in [0.29, 0.717) is 18.8 Å². The molecule has 0 saturated carbocycles. The van der Waals surface area contributed by atoms with Crippen LogP contribution in [0.3, 0.4) is 0 Å². The van der Waals surface area contributed by atoms with Gasteiger partial charge < -0.3 is 10.0 Å². The van der Waals surface area contributed by atoms with Gasteiger partial charge in [-0.1, -0.05) is 13.3 Å². The summed E-state index contributed by atoms with van der Waals surface area (Å²) in [5.41, 5.74) is 1.02. The Bertz CT molecular complexity index is 466. The molecule has 1 N–H and O–H groups in total. The van der Waals surface area contributed by atoms with Crippen molar-refractivity contribution in [2.75, 3.05) is 18.5 Å². The fourth-order valence-corrected chi connectivity index (χ4v) is 1.61. The van der Waals surface area contributed by atoms with Gasteiger partial charge in [0, 0.05) is 19.3 Å². The molecule has 1 aromatic rings. The molecular formula is C13H17N3O2. The first-order valence-corrected chi connectivity index (χ1v) is 5.90. The second-order valence-corrected chi connectivity index (χ2v) is 4.09. The third-order valence-electron chi connectivity index (χ3n) is 2.57. The molecule has 5 nitrogen and oxygen atoms in total. The summed E-state index contributed by atoms with van der Waals surface area (Å²) in [6.45, 7) is 2.56. The molecule has 0 unspecified atom stereocenters. The van der Waals surface area contributed by atoms with Crippen molar-refractivity contribution < 1.29 is 9.90 Å². The second kappa shape index (κ2) is 6.60. The lowest BCUT2D eigenvalue weighted by Gasteiger charge is -2.18. The van der Waals surface area contributed by atoms with E-state index in [1.807, 2.05) is 6.92 Å². The summed E-state index contributed by atoms with van der Waals surface area (Å²) in [5.74, 6) is -0.349. The lowest BCUT2D eigenvalue weighted by atomic mass is 10.1. The van der Waals surface area contributed by atoms with Gasteiger partial charge >= 0.3 is 5.97 Å². The van der Waals surface area contributed by atoms with Gasteiger partial charge in [0.1, 0.15) is 5.82 Å². The molecule has 0 aliphatic heterocycles. The maximum Gasteiger partial charge on any atom is 0.335 e. The van der Waals surface area contributed by atoms with Crippen LogP contribution < -0.4 is 4.90 Å². The topological polar surface area (TPSA) is 77.2 Å². The Balaban J connectivity index is 3.02. The van der Waals surface area contributed by atoms with Crippen LogP contribution in [0.4, 0.5) is 5.82 Å². The number of carboxylic acid groups (broad SMARTS) is 1. The minimum atomic E-state index is -0.954. The van der Waals surface area contributed by atoms with Crippen molar-refractivity contribution in [2.45, 2.75) is 26.2 Å². The molecule has 0 spiro atoms. The minimum Gasteiger partial charge on any atom is -0.478 e. The number of carbonyl (C=O) groups is 1. The first-order chi connectivity index (χ1) is 8.58. The van der Waals surface area contributed by atoms with Crippen LogP contribution in [0.15, 0.2) is 12.1 Å². The molecule has 0 aliphatic rings. The van der Waals surface area contributed by atoms with Gasteiger partial charge in [-0.25, -0.2) is 9.78 Å². The number of hydrogen-bond acceptors (Lipinski definition) is 4. The molecular weight excluding hydrogens is 230 g/mol. The van der Waals surface area contributed by atoms with Crippen molar-refractivity contribution in [1.82, 2.24) is 4.98 Å². The maximum absolute atomic E-state index is 11.0. The first-order valence-electron chi connectivity index (χ1n) is 5.90. The van der Waals surface area contributed by atoms with Crippen LogP contribution in [0.25, 0.3) is 0 Å². The third-order valence-corrected chi connectivity index (χ3v) is 2.57. The largest absolute Gasteiger partial charge is 0.478 e. The SMILES string of the molecule is CCCc1cc(C(=O)O)cc(N(C)CCC#N)n1. The third kappa shape index (κ3) is 3.74. The highest BCUT2D eigenvalue weighted by atomic mass is 16.4. The fraction of sp³-hybridized carbons (Fsp3) is 0.462. The van der Waals surface area contributed by atoms with E-state index in [0.717, 1.165) is 18.5 Å². The van der Waals surface area contributed by atoms with Gasteiger partial charge in [-0.2, -0.15) is 5.26 Å². The van der Waals surface area contributed by atoms with Crippen molar-refractivity contribution in [2.24, 2.45) is 0 Å². The monoisotopic (exact) mass is 247 g/mol. The highest BCUT2D eigenvalue weighted by Gasteiger charge is 2.10. The second-order valence-electron chi connectivity index (χ2n) is 4.09. The Labute approximate surface area is 107 Å². The number of nitrogens with zero attached hydrogens (tertiary/aromatic N) is 3. The Morgan fingerprint density at radius 1 is 1.56 bits per heavy atom. The highest BCUT2D eigenvalue weighted by molar-refractivity contribution is 5.88. The van der Waals surface area contributed by atoms with Crippen LogP contribution >= 0.6 is 0 Å². The van der Waals surface area contributed by atoms with Gasteiger partial charge in [-0.3, -0.25) is 0 Å². The minimum absolute atomic E-state index is 0.243. The zero-order chi connectivity index (χ0) is 13.5. The van der Waals surface area contributed by atoms with Crippen LogP contribution in [-0.2, 0) is 6.42 Å². The van der Waals surface area contributed by atoms with E-state index in [4.69, 9.17) is 10.4 Å². The zero-order valence-corrected chi connectivity index (χ0v) is 10.7. The quantitative estimate of drug-likeness (QED) is 0.832. The summed E-state index contributed by atoms with van der Waals surface area (Å²) >= 11 is 0. The number of carboxylic acids is 1. The van der Waals surface area contributed by atoms with Crippen molar-refractivity contribution in [3.63, 3.8) is 0 Å². The van der Waals surface area contributed by atoms with E-state index in [2.05, 4.69) is 11.1 Å². The van der Waals surface area contributed by atoms with E-state index < -0.39 is 5.97 Å². The summed E-state index contributed by atoms with van der Waals surface area (Å²) in [6.07, 6.45) is 2.05. The van der Waals surface area contributed by atoms with E-state index in [-0.39, 0.29) is 5.56 Å². The Morgan fingerprint density at radius 2 is 2.28 bits per heavy atom. The summed E-state index contributed by atoms with van der Waals surface area (Å²) in [6, 6.07) is 5.20. The molecule has 1 rings (SSSR count). The average Bonchev–Trinajstić information content (AvgIpc) is 2.35. The standard InChI is InChI=1S/C13H17N3O2/c1-3-5-11-8-10(13(17)18)9-12(15-11)16(2)7-4-6-14/h8-9H,3-5,7H2,1-2H3,(H,17,18). The number of nitriles is 1. The lowest BCUT2D eigenvalue weighted by Crippen LogP contribution is -2.20. The average molecular weight is 247 g/mol. The van der Waals surface area contributed by atoms with E-state index >= 15 is 0 Å². The fourth-order valence-electron chi connectivity index (χ4n) is 1.61. The van der Waals surface area contributed by atoms with Gasteiger partial charge in [0.15, 0.2) is 0 Å². The number of aryl methyl sites for hydroxylation is 1. The molecule has 0 saturated heterocycles. The Morgan fingerprint density at radius 3 is 2.83 bits per heavy atom. The van der Waals surface area contributed by atoms with Crippen LogP contribution in [0.1, 0.15) is 35.8 Å². The van der Waals surface area contributed by atoms with Crippen LogP contribution in [-0.4, -0.2) is 29.7 Å². The highest BCUT2D eigenvalue weighted by Crippen LogP contribution is 2.15. The predicted octanol–water partition coefficient (Wildman–Crippen LogP) is 2.08. The zero-order valence-electron chi connectivity index (χ0n) is 10.7.